The van der Waals surface area contributed by atoms with E-state index in [4.69, 9.17) is 10.5 Å². The molecule has 1 aromatic carbocycles. The number of aliphatic hydroxyl groups is 1. The molecule has 1 rings (SSSR count). The Bertz CT molecular complexity index is 346. The van der Waals surface area contributed by atoms with Gasteiger partial charge in [-0.15, -0.1) is 0 Å². The van der Waals surface area contributed by atoms with Crippen molar-refractivity contribution in [3.63, 3.8) is 0 Å². The van der Waals surface area contributed by atoms with Crippen molar-refractivity contribution in [1.82, 2.24) is 0 Å². The SMILES string of the molecule is CCOc1cccc(C(O)(CC)CC)c1N. The quantitative estimate of drug-likeness (QED) is 0.754. The molecule has 0 aliphatic rings. The van der Waals surface area contributed by atoms with Gasteiger partial charge in [-0.25, -0.2) is 0 Å². The Morgan fingerprint density at radius 1 is 1.25 bits per heavy atom. The Morgan fingerprint density at radius 3 is 2.38 bits per heavy atom. The van der Waals surface area contributed by atoms with Gasteiger partial charge in [-0.3, -0.25) is 0 Å². The number of anilines is 1. The lowest BCUT2D eigenvalue weighted by Crippen LogP contribution is -2.25. The number of hydrogen-bond donors (Lipinski definition) is 2. The second-order valence-electron chi connectivity index (χ2n) is 3.89. The maximum Gasteiger partial charge on any atom is 0.142 e. The molecule has 90 valence electrons. The monoisotopic (exact) mass is 223 g/mol. The molecule has 0 amide bonds. The van der Waals surface area contributed by atoms with Gasteiger partial charge in [0, 0.05) is 5.56 Å². The number of ether oxygens (including phenoxy) is 1. The standard InChI is InChI=1S/C13H21NO2/c1-4-13(15,5-2)10-8-7-9-11(12(10)14)16-6-3/h7-9,15H,4-6,14H2,1-3H3. The van der Waals surface area contributed by atoms with Crippen molar-refractivity contribution in [2.45, 2.75) is 39.2 Å². The summed E-state index contributed by atoms with van der Waals surface area (Å²) < 4.78 is 5.43. The molecule has 0 saturated carbocycles. The van der Waals surface area contributed by atoms with Crippen LogP contribution in [0.2, 0.25) is 0 Å². The van der Waals surface area contributed by atoms with Crippen LogP contribution in [0.5, 0.6) is 5.75 Å². The fraction of sp³-hybridized carbons (Fsp3) is 0.538. The van der Waals surface area contributed by atoms with Crippen LogP contribution in [-0.4, -0.2) is 11.7 Å². The number of rotatable bonds is 5. The first-order chi connectivity index (χ1) is 7.59. The summed E-state index contributed by atoms with van der Waals surface area (Å²) in [5, 5.41) is 10.4. The second-order valence-corrected chi connectivity index (χ2v) is 3.89. The number of benzene rings is 1. The van der Waals surface area contributed by atoms with Crippen molar-refractivity contribution >= 4 is 5.69 Å². The first kappa shape index (κ1) is 12.8. The topological polar surface area (TPSA) is 55.5 Å². The highest BCUT2D eigenvalue weighted by Gasteiger charge is 2.28. The van der Waals surface area contributed by atoms with Crippen molar-refractivity contribution in [2.75, 3.05) is 12.3 Å². The van der Waals surface area contributed by atoms with Gasteiger partial charge in [-0.05, 0) is 25.8 Å². The van der Waals surface area contributed by atoms with Crippen LogP contribution in [0.1, 0.15) is 39.2 Å². The van der Waals surface area contributed by atoms with Gasteiger partial charge >= 0.3 is 0 Å². The van der Waals surface area contributed by atoms with E-state index in [0.29, 0.717) is 30.9 Å². The van der Waals surface area contributed by atoms with E-state index in [1.165, 1.54) is 0 Å². The van der Waals surface area contributed by atoms with Crippen molar-refractivity contribution < 1.29 is 9.84 Å². The molecule has 0 aromatic heterocycles. The lowest BCUT2D eigenvalue weighted by molar-refractivity contribution is 0.0289. The molecular weight excluding hydrogens is 202 g/mol. The van der Waals surface area contributed by atoms with E-state index in [0.717, 1.165) is 5.56 Å². The fourth-order valence-corrected chi connectivity index (χ4v) is 1.86. The van der Waals surface area contributed by atoms with Crippen molar-refractivity contribution in [3.8, 4) is 5.75 Å². The van der Waals surface area contributed by atoms with Gasteiger partial charge in [0.1, 0.15) is 5.75 Å². The molecule has 0 bridgehead atoms. The summed E-state index contributed by atoms with van der Waals surface area (Å²) >= 11 is 0. The summed E-state index contributed by atoms with van der Waals surface area (Å²) in [5.41, 5.74) is 6.49. The third-order valence-electron chi connectivity index (χ3n) is 3.04. The summed E-state index contributed by atoms with van der Waals surface area (Å²) in [6.45, 7) is 6.40. The van der Waals surface area contributed by atoms with Crippen LogP contribution in [0, 0.1) is 0 Å². The van der Waals surface area contributed by atoms with Gasteiger partial charge in [0.15, 0.2) is 0 Å². The van der Waals surface area contributed by atoms with Gasteiger partial charge in [0.05, 0.1) is 17.9 Å². The van der Waals surface area contributed by atoms with E-state index >= 15 is 0 Å². The van der Waals surface area contributed by atoms with Gasteiger partial charge in [0.2, 0.25) is 0 Å². The molecule has 0 saturated heterocycles. The normalized spacial score (nSPS) is 11.5. The average Bonchev–Trinajstić information content (AvgIpc) is 2.31. The Balaban J connectivity index is 3.18. The van der Waals surface area contributed by atoms with Crippen LogP contribution in [0.3, 0.4) is 0 Å². The molecule has 3 N–H and O–H groups in total. The summed E-state index contributed by atoms with van der Waals surface area (Å²) in [6, 6.07) is 5.56. The van der Waals surface area contributed by atoms with Crippen LogP contribution in [-0.2, 0) is 5.60 Å². The van der Waals surface area contributed by atoms with Crippen molar-refractivity contribution in [2.24, 2.45) is 0 Å². The zero-order valence-corrected chi connectivity index (χ0v) is 10.3. The molecule has 0 aliphatic heterocycles. The lowest BCUT2D eigenvalue weighted by atomic mass is 9.87. The molecule has 1 aromatic rings. The average molecular weight is 223 g/mol. The summed E-state index contributed by atoms with van der Waals surface area (Å²) in [5.74, 6) is 0.653. The molecule has 0 aliphatic carbocycles. The second kappa shape index (κ2) is 5.21. The van der Waals surface area contributed by atoms with E-state index in [2.05, 4.69) is 0 Å². The smallest absolute Gasteiger partial charge is 0.142 e. The number of nitrogens with two attached hydrogens (primary N) is 1. The zero-order valence-electron chi connectivity index (χ0n) is 10.3. The van der Waals surface area contributed by atoms with Crippen LogP contribution < -0.4 is 10.5 Å². The molecule has 0 radical (unpaired) electrons. The maximum absolute atomic E-state index is 10.4. The van der Waals surface area contributed by atoms with Gasteiger partial charge < -0.3 is 15.6 Å². The molecular formula is C13H21NO2. The third-order valence-corrected chi connectivity index (χ3v) is 3.04. The minimum Gasteiger partial charge on any atom is -0.492 e. The first-order valence-electron chi connectivity index (χ1n) is 5.83. The number of hydrogen-bond acceptors (Lipinski definition) is 3. The third kappa shape index (κ3) is 2.30. The molecule has 16 heavy (non-hydrogen) atoms. The van der Waals surface area contributed by atoms with E-state index in [1.807, 2.05) is 39.0 Å². The van der Waals surface area contributed by atoms with Gasteiger partial charge in [-0.1, -0.05) is 26.0 Å². The first-order valence-corrected chi connectivity index (χ1v) is 5.83. The minimum absolute atomic E-state index is 0.551. The maximum atomic E-state index is 10.4. The lowest BCUT2D eigenvalue weighted by Gasteiger charge is -2.27. The van der Waals surface area contributed by atoms with Crippen LogP contribution in [0.25, 0.3) is 0 Å². The molecule has 3 heteroatoms. The fourth-order valence-electron chi connectivity index (χ4n) is 1.86. The largest absolute Gasteiger partial charge is 0.492 e. The summed E-state index contributed by atoms with van der Waals surface area (Å²) in [6.07, 6.45) is 1.28. The zero-order chi connectivity index (χ0) is 12.2. The Labute approximate surface area is 97.2 Å². The molecule has 3 nitrogen and oxygen atoms in total. The van der Waals surface area contributed by atoms with Crippen molar-refractivity contribution in [3.05, 3.63) is 23.8 Å². The Kier molecular flexibility index (Phi) is 4.19. The highest BCUT2D eigenvalue weighted by atomic mass is 16.5. The highest BCUT2D eigenvalue weighted by molar-refractivity contribution is 5.60. The Hall–Kier alpha value is -1.22. The minimum atomic E-state index is -0.850. The molecule has 0 fully saturated rings. The predicted molar refractivity (Wildman–Crippen MR) is 66.5 cm³/mol. The van der Waals surface area contributed by atoms with Gasteiger partial charge in [0.25, 0.3) is 0 Å². The van der Waals surface area contributed by atoms with Gasteiger partial charge in [-0.2, -0.15) is 0 Å². The molecule has 0 spiro atoms. The van der Waals surface area contributed by atoms with E-state index in [1.54, 1.807) is 0 Å². The highest BCUT2D eigenvalue weighted by Crippen LogP contribution is 2.36. The molecule has 0 heterocycles. The van der Waals surface area contributed by atoms with Crippen LogP contribution in [0.15, 0.2) is 18.2 Å². The number of nitrogen functional groups attached to an aromatic ring is 1. The predicted octanol–water partition coefficient (Wildman–Crippen LogP) is 2.68. The van der Waals surface area contributed by atoms with E-state index in [-0.39, 0.29) is 0 Å². The van der Waals surface area contributed by atoms with E-state index < -0.39 is 5.60 Å². The van der Waals surface area contributed by atoms with Crippen molar-refractivity contribution in [1.29, 1.82) is 0 Å². The van der Waals surface area contributed by atoms with Crippen LogP contribution in [0.4, 0.5) is 5.69 Å². The molecule has 0 unspecified atom stereocenters. The summed E-state index contributed by atoms with van der Waals surface area (Å²) in [7, 11) is 0. The Morgan fingerprint density at radius 2 is 1.88 bits per heavy atom. The number of para-hydroxylation sites is 1. The van der Waals surface area contributed by atoms with Crippen LogP contribution >= 0.6 is 0 Å². The molecule has 0 atom stereocenters. The van der Waals surface area contributed by atoms with E-state index in [9.17, 15) is 5.11 Å². The summed E-state index contributed by atoms with van der Waals surface area (Å²) in [4.78, 5) is 0.